The van der Waals surface area contributed by atoms with Gasteiger partial charge in [-0.3, -0.25) is 4.72 Å². The Morgan fingerprint density at radius 3 is 2.15 bits per heavy atom. The molecule has 0 aliphatic rings. The molecule has 0 atom stereocenters. The van der Waals surface area contributed by atoms with Crippen molar-refractivity contribution < 1.29 is 13.2 Å². The zero-order chi connectivity index (χ0) is 19.2. The van der Waals surface area contributed by atoms with Gasteiger partial charge >= 0.3 is 0 Å². The first-order chi connectivity index (χ1) is 12.2. The summed E-state index contributed by atoms with van der Waals surface area (Å²) in [4.78, 5) is 0.189. The van der Waals surface area contributed by atoms with Crippen LogP contribution in [0.3, 0.4) is 0 Å². The molecule has 1 heterocycles. The fraction of sp³-hybridized carbons (Fsp3) is 0.444. The molecule has 0 aliphatic carbocycles. The second-order valence-electron chi connectivity index (χ2n) is 6.96. The standard InChI is InChI=1S/C18H26N4O3S/c1-18(2,3)14-6-8-15(9-7-14)26(23,24)22-17-11-10-16(20-21-17)19-12-5-13-25-4/h6-11H,5,12-13H2,1-4H3,(H,19,20)(H,21,22). The smallest absolute Gasteiger partial charge is 0.263 e. The number of rotatable bonds is 8. The molecular formula is C18H26N4O3S. The van der Waals surface area contributed by atoms with Crippen molar-refractivity contribution in [3.63, 3.8) is 0 Å². The Labute approximate surface area is 155 Å². The van der Waals surface area contributed by atoms with E-state index in [2.05, 4.69) is 41.0 Å². The molecule has 0 spiro atoms. The summed E-state index contributed by atoms with van der Waals surface area (Å²) < 4.78 is 32.4. The Morgan fingerprint density at radius 1 is 1.00 bits per heavy atom. The van der Waals surface area contributed by atoms with Gasteiger partial charge in [0.2, 0.25) is 0 Å². The number of nitrogens with zero attached hydrogens (tertiary/aromatic N) is 2. The molecular weight excluding hydrogens is 352 g/mol. The number of methoxy groups -OCH3 is 1. The molecule has 0 saturated carbocycles. The summed E-state index contributed by atoms with van der Waals surface area (Å²) in [5.74, 6) is 0.755. The van der Waals surface area contributed by atoms with Gasteiger partial charge in [-0.1, -0.05) is 32.9 Å². The van der Waals surface area contributed by atoms with E-state index in [4.69, 9.17) is 4.74 Å². The molecule has 0 aliphatic heterocycles. The number of benzene rings is 1. The number of aromatic nitrogens is 2. The molecule has 0 saturated heterocycles. The minimum absolute atomic E-state index is 0.0344. The minimum Gasteiger partial charge on any atom is -0.385 e. The van der Waals surface area contributed by atoms with Crippen LogP contribution in [-0.2, 0) is 20.2 Å². The lowest BCUT2D eigenvalue weighted by molar-refractivity contribution is 0.197. The molecule has 0 fully saturated rings. The summed E-state index contributed by atoms with van der Waals surface area (Å²) in [5, 5.41) is 11.0. The Morgan fingerprint density at radius 2 is 1.62 bits per heavy atom. The van der Waals surface area contributed by atoms with E-state index in [1.807, 2.05) is 12.1 Å². The van der Waals surface area contributed by atoms with Crippen molar-refractivity contribution in [1.82, 2.24) is 10.2 Å². The van der Waals surface area contributed by atoms with Crippen molar-refractivity contribution in [3.05, 3.63) is 42.0 Å². The van der Waals surface area contributed by atoms with Gasteiger partial charge in [-0.25, -0.2) is 8.42 Å². The van der Waals surface area contributed by atoms with Crippen LogP contribution in [0.15, 0.2) is 41.3 Å². The zero-order valence-electron chi connectivity index (χ0n) is 15.6. The van der Waals surface area contributed by atoms with Crippen LogP contribution < -0.4 is 10.0 Å². The lowest BCUT2D eigenvalue weighted by Crippen LogP contribution is -2.16. The van der Waals surface area contributed by atoms with Crippen LogP contribution in [0, 0.1) is 0 Å². The molecule has 7 nitrogen and oxygen atoms in total. The Balaban J connectivity index is 2.02. The Bertz CT molecular complexity index is 798. The first-order valence-corrected chi connectivity index (χ1v) is 9.90. The maximum Gasteiger partial charge on any atom is 0.263 e. The molecule has 2 N–H and O–H groups in total. The van der Waals surface area contributed by atoms with Gasteiger partial charge in [-0.2, -0.15) is 0 Å². The van der Waals surface area contributed by atoms with Crippen LogP contribution in [0.4, 0.5) is 11.6 Å². The van der Waals surface area contributed by atoms with Crippen LogP contribution in [0.2, 0.25) is 0 Å². The predicted octanol–water partition coefficient (Wildman–Crippen LogP) is 3.02. The summed E-state index contributed by atoms with van der Waals surface area (Å²) in [5.41, 5.74) is 1.04. The van der Waals surface area contributed by atoms with E-state index in [1.54, 1.807) is 31.4 Å². The van der Waals surface area contributed by atoms with Crippen LogP contribution in [-0.4, -0.2) is 38.9 Å². The largest absolute Gasteiger partial charge is 0.385 e. The molecule has 1 aromatic carbocycles. The molecule has 2 aromatic rings. The predicted molar refractivity (Wildman–Crippen MR) is 103 cm³/mol. The first kappa shape index (κ1) is 20.1. The third kappa shape index (κ3) is 5.67. The zero-order valence-corrected chi connectivity index (χ0v) is 16.4. The summed E-state index contributed by atoms with van der Waals surface area (Å²) in [7, 11) is -2.05. The molecule has 8 heteroatoms. The number of sulfonamides is 1. The van der Waals surface area contributed by atoms with Crippen LogP contribution in [0.25, 0.3) is 0 Å². The number of anilines is 2. The number of ether oxygens (including phenoxy) is 1. The van der Waals surface area contributed by atoms with E-state index in [0.29, 0.717) is 19.0 Å². The highest BCUT2D eigenvalue weighted by Gasteiger charge is 2.18. The second-order valence-corrected chi connectivity index (χ2v) is 8.64. The van der Waals surface area contributed by atoms with Gasteiger partial charge in [0.1, 0.15) is 5.82 Å². The molecule has 142 valence electrons. The number of hydrogen-bond acceptors (Lipinski definition) is 6. The van der Waals surface area contributed by atoms with E-state index in [0.717, 1.165) is 12.0 Å². The molecule has 1 aromatic heterocycles. The number of hydrogen-bond donors (Lipinski definition) is 2. The van der Waals surface area contributed by atoms with Crippen LogP contribution >= 0.6 is 0 Å². The summed E-state index contributed by atoms with van der Waals surface area (Å²) in [6, 6.07) is 10.1. The molecule has 26 heavy (non-hydrogen) atoms. The van der Waals surface area contributed by atoms with Gasteiger partial charge in [0.25, 0.3) is 10.0 Å². The van der Waals surface area contributed by atoms with E-state index in [1.165, 1.54) is 0 Å². The van der Waals surface area contributed by atoms with Crippen molar-refractivity contribution in [2.45, 2.75) is 37.5 Å². The molecule has 2 rings (SSSR count). The fourth-order valence-electron chi connectivity index (χ4n) is 2.24. The number of nitrogens with one attached hydrogen (secondary N) is 2. The van der Waals surface area contributed by atoms with Gasteiger partial charge in [-0.15, -0.1) is 10.2 Å². The van der Waals surface area contributed by atoms with Crippen molar-refractivity contribution >= 4 is 21.7 Å². The molecule has 0 radical (unpaired) electrons. The average molecular weight is 378 g/mol. The lowest BCUT2D eigenvalue weighted by Gasteiger charge is -2.19. The highest BCUT2D eigenvalue weighted by Crippen LogP contribution is 2.24. The van der Waals surface area contributed by atoms with Crippen LogP contribution in [0.1, 0.15) is 32.8 Å². The van der Waals surface area contributed by atoms with Gasteiger partial charge in [0, 0.05) is 20.3 Å². The van der Waals surface area contributed by atoms with Gasteiger partial charge in [0.05, 0.1) is 4.90 Å². The second kappa shape index (κ2) is 8.46. The van der Waals surface area contributed by atoms with E-state index in [-0.39, 0.29) is 16.1 Å². The van der Waals surface area contributed by atoms with E-state index in [9.17, 15) is 8.42 Å². The SMILES string of the molecule is COCCCNc1ccc(NS(=O)(=O)c2ccc(C(C)(C)C)cc2)nn1. The Hall–Kier alpha value is -2.19. The van der Waals surface area contributed by atoms with E-state index >= 15 is 0 Å². The normalized spacial score (nSPS) is 12.0. The van der Waals surface area contributed by atoms with E-state index < -0.39 is 10.0 Å². The highest BCUT2D eigenvalue weighted by molar-refractivity contribution is 7.92. The third-order valence-electron chi connectivity index (χ3n) is 3.77. The quantitative estimate of drug-likeness (QED) is 0.686. The average Bonchev–Trinajstić information content (AvgIpc) is 2.59. The Kier molecular flexibility index (Phi) is 6.55. The molecule has 0 bridgehead atoms. The van der Waals surface area contributed by atoms with Gasteiger partial charge in [0.15, 0.2) is 5.82 Å². The van der Waals surface area contributed by atoms with Crippen molar-refractivity contribution in [1.29, 1.82) is 0 Å². The fourth-order valence-corrected chi connectivity index (χ4v) is 3.24. The first-order valence-electron chi connectivity index (χ1n) is 8.42. The summed E-state index contributed by atoms with van der Waals surface area (Å²) in [6.45, 7) is 7.60. The summed E-state index contributed by atoms with van der Waals surface area (Å²) in [6.07, 6.45) is 0.844. The minimum atomic E-state index is -3.70. The van der Waals surface area contributed by atoms with Crippen molar-refractivity contribution in [3.8, 4) is 0 Å². The monoisotopic (exact) mass is 378 g/mol. The maximum absolute atomic E-state index is 12.5. The highest BCUT2D eigenvalue weighted by atomic mass is 32.2. The van der Waals surface area contributed by atoms with Crippen molar-refractivity contribution in [2.24, 2.45) is 0 Å². The lowest BCUT2D eigenvalue weighted by atomic mass is 9.87. The molecule has 0 amide bonds. The van der Waals surface area contributed by atoms with Gasteiger partial charge < -0.3 is 10.1 Å². The summed E-state index contributed by atoms with van der Waals surface area (Å²) >= 11 is 0. The topological polar surface area (TPSA) is 93.2 Å². The maximum atomic E-state index is 12.5. The third-order valence-corrected chi connectivity index (χ3v) is 5.14. The van der Waals surface area contributed by atoms with Gasteiger partial charge in [-0.05, 0) is 41.7 Å². The van der Waals surface area contributed by atoms with Crippen molar-refractivity contribution in [2.75, 3.05) is 30.3 Å². The van der Waals surface area contributed by atoms with Crippen LogP contribution in [0.5, 0.6) is 0 Å². The molecule has 0 unspecified atom stereocenters.